The number of aryl methyl sites for hydroxylation is 2. The lowest BCUT2D eigenvalue weighted by Gasteiger charge is -2.32. The number of benzene rings is 1. The minimum atomic E-state index is -0.0415. The van der Waals surface area contributed by atoms with E-state index in [2.05, 4.69) is 10.2 Å². The fourth-order valence-electron chi connectivity index (χ4n) is 3.26. The second-order valence-corrected chi connectivity index (χ2v) is 7.15. The number of carbonyl (C=O) groups is 1. The molecule has 2 fully saturated rings. The molecule has 0 radical (unpaired) electrons. The Balaban J connectivity index is 1.43. The number of rotatable bonds is 5. The number of carbonyl (C=O) groups excluding carboxylic acids is 1. The second-order valence-electron chi connectivity index (χ2n) is 6.77. The number of piperidine rings is 1. The Morgan fingerprint density at radius 3 is 2.39 bits per heavy atom. The highest BCUT2D eigenvalue weighted by atomic mass is 35.5. The van der Waals surface area contributed by atoms with E-state index in [9.17, 15) is 4.79 Å². The van der Waals surface area contributed by atoms with Crippen molar-refractivity contribution in [1.29, 1.82) is 0 Å². The molecule has 0 unspecified atom stereocenters. The van der Waals surface area contributed by atoms with Crippen LogP contribution in [-0.4, -0.2) is 42.6 Å². The summed E-state index contributed by atoms with van der Waals surface area (Å²) in [6.07, 6.45) is 4.79. The molecule has 23 heavy (non-hydrogen) atoms. The van der Waals surface area contributed by atoms with Crippen molar-refractivity contribution in [2.24, 2.45) is 0 Å². The van der Waals surface area contributed by atoms with Crippen LogP contribution in [0.3, 0.4) is 0 Å². The Morgan fingerprint density at radius 2 is 1.83 bits per heavy atom. The Bertz CT molecular complexity index is 555. The third-order valence-electron chi connectivity index (χ3n) is 4.74. The van der Waals surface area contributed by atoms with Crippen LogP contribution in [0.5, 0.6) is 5.75 Å². The quantitative estimate of drug-likeness (QED) is 0.898. The van der Waals surface area contributed by atoms with E-state index in [1.807, 2.05) is 26.0 Å². The van der Waals surface area contributed by atoms with Crippen LogP contribution in [0.15, 0.2) is 12.1 Å². The lowest BCUT2D eigenvalue weighted by Crippen LogP contribution is -2.46. The Morgan fingerprint density at radius 1 is 1.22 bits per heavy atom. The molecule has 126 valence electrons. The third-order valence-corrected chi connectivity index (χ3v) is 5.33. The van der Waals surface area contributed by atoms with E-state index in [0.717, 1.165) is 48.1 Å². The molecule has 1 saturated carbocycles. The smallest absolute Gasteiger partial charge is 0.258 e. The van der Waals surface area contributed by atoms with Crippen molar-refractivity contribution in [1.82, 2.24) is 10.2 Å². The standard InChI is InChI=1S/C18H25ClN2O2/c1-12-9-16(10-13(2)18(12)19)23-11-17(22)20-14-5-7-21(8-6-14)15-3-4-15/h9-10,14-15H,3-8,11H2,1-2H3,(H,20,22). The second kappa shape index (κ2) is 7.10. The number of hydrogen-bond acceptors (Lipinski definition) is 3. The summed E-state index contributed by atoms with van der Waals surface area (Å²) in [5, 5.41) is 3.85. The molecule has 1 amide bonds. The number of amides is 1. The highest BCUT2D eigenvalue weighted by Gasteiger charge is 2.32. The molecule has 1 heterocycles. The van der Waals surface area contributed by atoms with Crippen LogP contribution in [-0.2, 0) is 4.79 Å². The van der Waals surface area contributed by atoms with Crippen LogP contribution >= 0.6 is 11.6 Å². The van der Waals surface area contributed by atoms with E-state index >= 15 is 0 Å². The monoisotopic (exact) mass is 336 g/mol. The van der Waals surface area contributed by atoms with E-state index < -0.39 is 0 Å². The molecular weight excluding hydrogens is 312 g/mol. The third kappa shape index (κ3) is 4.39. The highest BCUT2D eigenvalue weighted by molar-refractivity contribution is 6.32. The lowest BCUT2D eigenvalue weighted by atomic mass is 10.0. The SMILES string of the molecule is Cc1cc(OCC(=O)NC2CCN(C3CC3)CC2)cc(C)c1Cl. The van der Waals surface area contributed by atoms with Crippen LogP contribution in [0.4, 0.5) is 0 Å². The van der Waals surface area contributed by atoms with Gasteiger partial charge in [0, 0.05) is 30.2 Å². The van der Waals surface area contributed by atoms with E-state index in [4.69, 9.17) is 16.3 Å². The van der Waals surface area contributed by atoms with Gasteiger partial charge in [0.2, 0.25) is 0 Å². The van der Waals surface area contributed by atoms with Crippen molar-refractivity contribution in [3.8, 4) is 5.75 Å². The zero-order valence-corrected chi connectivity index (χ0v) is 14.7. The summed E-state index contributed by atoms with van der Waals surface area (Å²) in [7, 11) is 0. The molecule has 1 aromatic rings. The molecule has 1 saturated heterocycles. The number of nitrogens with one attached hydrogen (secondary N) is 1. The maximum Gasteiger partial charge on any atom is 0.258 e. The van der Waals surface area contributed by atoms with Gasteiger partial charge >= 0.3 is 0 Å². The fraction of sp³-hybridized carbons (Fsp3) is 0.611. The molecule has 0 bridgehead atoms. The molecule has 4 nitrogen and oxygen atoms in total. The topological polar surface area (TPSA) is 41.6 Å². The molecule has 0 atom stereocenters. The number of halogens is 1. The van der Waals surface area contributed by atoms with Crippen LogP contribution in [0, 0.1) is 13.8 Å². The molecule has 2 aliphatic rings. The minimum Gasteiger partial charge on any atom is -0.484 e. The summed E-state index contributed by atoms with van der Waals surface area (Å²) in [5.74, 6) is 0.656. The first-order valence-electron chi connectivity index (χ1n) is 8.46. The molecule has 0 spiro atoms. The van der Waals surface area contributed by atoms with Gasteiger partial charge in [0.1, 0.15) is 5.75 Å². The maximum absolute atomic E-state index is 12.1. The van der Waals surface area contributed by atoms with E-state index in [1.54, 1.807) is 0 Å². The normalized spacial score (nSPS) is 19.6. The Kier molecular flexibility index (Phi) is 5.12. The fourth-order valence-corrected chi connectivity index (χ4v) is 3.37. The van der Waals surface area contributed by atoms with Gasteiger partial charge in [-0.3, -0.25) is 4.79 Å². The summed E-state index contributed by atoms with van der Waals surface area (Å²) in [5.41, 5.74) is 1.93. The lowest BCUT2D eigenvalue weighted by molar-refractivity contribution is -0.124. The van der Waals surface area contributed by atoms with Crippen molar-refractivity contribution in [2.45, 2.75) is 51.6 Å². The highest BCUT2D eigenvalue weighted by Crippen LogP contribution is 2.29. The van der Waals surface area contributed by atoms with Gasteiger partial charge in [-0.25, -0.2) is 0 Å². The van der Waals surface area contributed by atoms with Gasteiger partial charge in [0.15, 0.2) is 6.61 Å². The molecule has 3 rings (SSSR count). The maximum atomic E-state index is 12.1. The van der Waals surface area contributed by atoms with Crippen molar-refractivity contribution in [3.05, 3.63) is 28.3 Å². The number of hydrogen-bond donors (Lipinski definition) is 1. The summed E-state index contributed by atoms with van der Waals surface area (Å²) < 4.78 is 5.61. The van der Waals surface area contributed by atoms with Crippen LogP contribution in [0.2, 0.25) is 5.02 Å². The van der Waals surface area contributed by atoms with Crippen molar-refractivity contribution >= 4 is 17.5 Å². The largest absolute Gasteiger partial charge is 0.484 e. The summed E-state index contributed by atoms with van der Waals surface area (Å²) in [6, 6.07) is 4.86. The summed E-state index contributed by atoms with van der Waals surface area (Å²) in [4.78, 5) is 14.6. The van der Waals surface area contributed by atoms with Gasteiger partial charge in [-0.1, -0.05) is 11.6 Å². The zero-order chi connectivity index (χ0) is 16.4. The minimum absolute atomic E-state index is 0.0415. The number of likely N-dealkylation sites (tertiary alicyclic amines) is 1. The number of ether oxygens (including phenoxy) is 1. The number of nitrogens with zero attached hydrogens (tertiary/aromatic N) is 1. The summed E-state index contributed by atoms with van der Waals surface area (Å²) in [6.45, 7) is 6.15. The van der Waals surface area contributed by atoms with Crippen molar-refractivity contribution in [2.75, 3.05) is 19.7 Å². The van der Waals surface area contributed by atoms with Gasteiger partial charge in [-0.05, 0) is 62.8 Å². The average Bonchev–Trinajstić information content (AvgIpc) is 3.36. The van der Waals surface area contributed by atoms with E-state index in [1.165, 1.54) is 12.8 Å². The molecule has 5 heteroatoms. The van der Waals surface area contributed by atoms with E-state index in [-0.39, 0.29) is 18.6 Å². The van der Waals surface area contributed by atoms with Crippen molar-refractivity contribution in [3.63, 3.8) is 0 Å². The van der Waals surface area contributed by atoms with Gasteiger partial charge < -0.3 is 15.0 Å². The summed E-state index contributed by atoms with van der Waals surface area (Å²) >= 11 is 6.14. The first kappa shape index (κ1) is 16.6. The molecule has 1 N–H and O–H groups in total. The first-order chi connectivity index (χ1) is 11.0. The Labute approximate surface area is 143 Å². The molecule has 1 aliphatic heterocycles. The average molecular weight is 337 g/mol. The predicted octanol–water partition coefficient (Wildman–Crippen LogP) is 3.08. The van der Waals surface area contributed by atoms with Crippen LogP contribution in [0.1, 0.15) is 36.8 Å². The Hall–Kier alpha value is -1.26. The molecule has 1 aromatic carbocycles. The van der Waals surface area contributed by atoms with Crippen LogP contribution < -0.4 is 10.1 Å². The van der Waals surface area contributed by atoms with Gasteiger partial charge in [0.05, 0.1) is 0 Å². The first-order valence-corrected chi connectivity index (χ1v) is 8.83. The molecular formula is C18H25ClN2O2. The van der Waals surface area contributed by atoms with E-state index in [0.29, 0.717) is 5.75 Å². The molecule has 1 aliphatic carbocycles. The van der Waals surface area contributed by atoms with Crippen molar-refractivity contribution < 1.29 is 9.53 Å². The van der Waals surface area contributed by atoms with Crippen LogP contribution in [0.25, 0.3) is 0 Å². The van der Waals surface area contributed by atoms with Gasteiger partial charge in [0.25, 0.3) is 5.91 Å². The van der Waals surface area contributed by atoms with Gasteiger partial charge in [-0.2, -0.15) is 0 Å². The zero-order valence-electron chi connectivity index (χ0n) is 13.9. The molecule has 0 aromatic heterocycles. The predicted molar refractivity (Wildman–Crippen MR) is 92.2 cm³/mol. The van der Waals surface area contributed by atoms with Gasteiger partial charge in [-0.15, -0.1) is 0 Å².